The van der Waals surface area contributed by atoms with Gasteiger partial charge in [0.2, 0.25) is 0 Å². The molecular formula is C31H41NO4. The highest BCUT2D eigenvalue weighted by atomic mass is 16.7. The molecule has 1 heterocycles. The highest BCUT2D eigenvalue weighted by Gasteiger charge is 2.64. The van der Waals surface area contributed by atoms with Crippen LogP contribution in [-0.2, 0) is 9.47 Å². The summed E-state index contributed by atoms with van der Waals surface area (Å²) in [6, 6.07) is 8.91. The van der Waals surface area contributed by atoms with Crippen LogP contribution < -0.4 is 4.90 Å². The van der Waals surface area contributed by atoms with Crippen LogP contribution in [0.15, 0.2) is 35.4 Å². The molecule has 0 aromatic heterocycles. The standard InChI is InChI=1S/C31H41NO4/c1-5-13-30(34)15-11-25-23-10-14-29(33)20-31(35-17-18-36-31)16-12-26(29)27(23)24(19-28(25,30)2)21-6-8-22(9-7-21)32(3)4/h6-9,23-25,33-34H,10-12,14-20H2,1-4H3/t23?,24-,25+,28+,29-,30+/m1/s1. The summed E-state index contributed by atoms with van der Waals surface area (Å²) in [6.07, 6.45) is 6.41. The molecule has 2 N–H and O–H groups in total. The summed E-state index contributed by atoms with van der Waals surface area (Å²) in [4.78, 5) is 2.13. The first-order valence-corrected chi connectivity index (χ1v) is 13.8. The Hall–Kier alpha value is -1.84. The zero-order valence-corrected chi connectivity index (χ0v) is 22.3. The van der Waals surface area contributed by atoms with E-state index in [2.05, 4.69) is 62.0 Å². The van der Waals surface area contributed by atoms with Gasteiger partial charge in [-0.3, -0.25) is 0 Å². The summed E-state index contributed by atoms with van der Waals surface area (Å²) >= 11 is 0. The largest absolute Gasteiger partial charge is 0.385 e. The van der Waals surface area contributed by atoms with Gasteiger partial charge < -0.3 is 24.6 Å². The lowest BCUT2D eigenvalue weighted by Crippen LogP contribution is -2.55. The highest BCUT2D eigenvalue weighted by Crippen LogP contribution is 2.67. The van der Waals surface area contributed by atoms with Crippen molar-refractivity contribution in [2.45, 2.75) is 88.1 Å². The summed E-state index contributed by atoms with van der Waals surface area (Å²) in [5, 5.41) is 24.0. The lowest BCUT2D eigenvalue weighted by atomic mass is 9.49. The van der Waals surface area contributed by atoms with Crippen LogP contribution in [0.1, 0.15) is 76.7 Å². The fourth-order valence-electron chi connectivity index (χ4n) is 8.73. The van der Waals surface area contributed by atoms with Gasteiger partial charge in [0.05, 0.1) is 18.8 Å². The zero-order chi connectivity index (χ0) is 25.3. The maximum Gasteiger partial charge on any atom is 0.171 e. The molecule has 194 valence electrons. The van der Waals surface area contributed by atoms with Crippen molar-refractivity contribution in [3.8, 4) is 11.8 Å². The van der Waals surface area contributed by atoms with Crippen LogP contribution >= 0.6 is 0 Å². The molecule has 5 nitrogen and oxygen atoms in total. The molecule has 1 aromatic carbocycles. The summed E-state index contributed by atoms with van der Waals surface area (Å²) < 4.78 is 12.1. The van der Waals surface area contributed by atoms with E-state index in [0.29, 0.717) is 31.5 Å². The monoisotopic (exact) mass is 491 g/mol. The third-order valence-corrected chi connectivity index (χ3v) is 10.5. The van der Waals surface area contributed by atoms with Crippen LogP contribution in [0.4, 0.5) is 5.69 Å². The molecule has 6 atom stereocenters. The minimum Gasteiger partial charge on any atom is -0.385 e. The summed E-state index contributed by atoms with van der Waals surface area (Å²) in [5.74, 6) is 6.58. The van der Waals surface area contributed by atoms with Crippen LogP contribution in [0.3, 0.4) is 0 Å². The number of hydrogen-bond donors (Lipinski definition) is 2. The fourth-order valence-corrected chi connectivity index (χ4v) is 8.73. The number of allylic oxidation sites excluding steroid dienone is 1. The van der Waals surface area contributed by atoms with Gasteiger partial charge in [0.1, 0.15) is 5.60 Å². The van der Waals surface area contributed by atoms with Crippen molar-refractivity contribution in [2.24, 2.45) is 17.3 Å². The highest BCUT2D eigenvalue weighted by molar-refractivity contribution is 5.50. The lowest BCUT2D eigenvalue weighted by molar-refractivity contribution is -0.208. The second-order valence-electron chi connectivity index (χ2n) is 12.4. The molecule has 1 spiro atoms. The van der Waals surface area contributed by atoms with Crippen molar-refractivity contribution in [2.75, 3.05) is 32.2 Å². The van der Waals surface area contributed by atoms with E-state index in [1.54, 1.807) is 0 Å². The SMILES string of the molecule is CC#C[C@]1(O)CC[C@H]2C3CC[C@@]4(O)CC5(CCC4=C3[C@@H](c3ccc(N(C)C)cc3)C[C@@]21C)OCCO5. The number of anilines is 1. The van der Waals surface area contributed by atoms with Gasteiger partial charge in [-0.25, -0.2) is 0 Å². The predicted octanol–water partition coefficient (Wildman–Crippen LogP) is 4.78. The number of ether oxygens (including phenoxy) is 2. The molecule has 1 unspecified atom stereocenters. The van der Waals surface area contributed by atoms with E-state index in [-0.39, 0.29) is 11.3 Å². The molecule has 5 aliphatic rings. The van der Waals surface area contributed by atoms with Gasteiger partial charge in [-0.1, -0.05) is 30.6 Å². The lowest BCUT2D eigenvalue weighted by Gasteiger charge is -2.57. The number of aliphatic hydroxyl groups is 2. The quantitative estimate of drug-likeness (QED) is 0.461. The molecule has 4 aliphatic carbocycles. The number of nitrogens with zero attached hydrogens (tertiary/aromatic N) is 1. The molecule has 6 rings (SSSR count). The van der Waals surface area contributed by atoms with E-state index in [4.69, 9.17) is 9.47 Å². The van der Waals surface area contributed by atoms with Crippen LogP contribution in [0.25, 0.3) is 0 Å². The summed E-state index contributed by atoms with van der Waals surface area (Å²) in [7, 11) is 4.13. The average Bonchev–Trinajstić information content (AvgIpc) is 3.40. The van der Waals surface area contributed by atoms with Crippen LogP contribution in [0.2, 0.25) is 0 Å². The van der Waals surface area contributed by atoms with E-state index in [9.17, 15) is 10.2 Å². The molecule has 5 heteroatoms. The van der Waals surface area contributed by atoms with E-state index in [1.807, 2.05) is 6.92 Å². The maximum atomic E-state index is 12.1. The molecule has 0 amide bonds. The molecule has 1 aliphatic heterocycles. The molecular weight excluding hydrogens is 450 g/mol. The second kappa shape index (κ2) is 8.33. The number of rotatable bonds is 2. The topological polar surface area (TPSA) is 62.2 Å². The number of benzene rings is 1. The molecule has 0 bridgehead atoms. The van der Waals surface area contributed by atoms with Gasteiger partial charge in [-0.05, 0) is 80.6 Å². The van der Waals surface area contributed by atoms with Crippen molar-refractivity contribution >= 4 is 5.69 Å². The molecule has 36 heavy (non-hydrogen) atoms. The third-order valence-electron chi connectivity index (χ3n) is 10.5. The van der Waals surface area contributed by atoms with Crippen molar-refractivity contribution in [1.82, 2.24) is 0 Å². The maximum absolute atomic E-state index is 12.1. The molecule has 1 saturated heterocycles. The van der Waals surface area contributed by atoms with Gasteiger partial charge in [0, 0.05) is 44.0 Å². The van der Waals surface area contributed by atoms with Crippen LogP contribution in [0, 0.1) is 29.1 Å². The van der Waals surface area contributed by atoms with E-state index >= 15 is 0 Å². The van der Waals surface area contributed by atoms with Gasteiger partial charge in [0.25, 0.3) is 0 Å². The number of fused-ring (bicyclic) bond motifs is 4. The van der Waals surface area contributed by atoms with Gasteiger partial charge >= 0.3 is 0 Å². The van der Waals surface area contributed by atoms with Gasteiger partial charge in [-0.2, -0.15) is 0 Å². The molecule has 3 saturated carbocycles. The van der Waals surface area contributed by atoms with Crippen LogP contribution in [0.5, 0.6) is 0 Å². The molecule has 1 aromatic rings. The minimum atomic E-state index is -0.958. The normalized spacial score (nSPS) is 40.8. The van der Waals surface area contributed by atoms with Crippen molar-refractivity contribution in [1.29, 1.82) is 0 Å². The van der Waals surface area contributed by atoms with Crippen molar-refractivity contribution < 1.29 is 19.7 Å². The summed E-state index contributed by atoms with van der Waals surface area (Å²) in [6.45, 7) is 5.36. The van der Waals surface area contributed by atoms with Gasteiger partial charge in [-0.15, -0.1) is 5.92 Å². The Balaban J connectivity index is 1.48. The van der Waals surface area contributed by atoms with Crippen molar-refractivity contribution in [3.63, 3.8) is 0 Å². The molecule has 0 radical (unpaired) electrons. The third kappa shape index (κ3) is 3.45. The van der Waals surface area contributed by atoms with E-state index < -0.39 is 17.0 Å². The Morgan fingerprint density at radius 2 is 1.72 bits per heavy atom. The Labute approximate surface area is 215 Å². The Kier molecular flexibility index (Phi) is 5.67. The predicted molar refractivity (Wildman–Crippen MR) is 141 cm³/mol. The van der Waals surface area contributed by atoms with Crippen molar-refractivity contribution in [3.05, 3.63) is 41.0 Å². The van der Waals surface area contributed by atoms with E-state index in [1.165, 1.54) is 22.4 Å². The van der Waals surface area contributed by atoms with Gasteiger partial charge in [0.15, 0.2) is 5.79 Å². The summed E-state index contributed by atoms with van der Waals surface area (Å²) in [5.41, 5.74) is 3.04. The first-order valence-electron chi connectivity index (χ1n) is 13.8. The minimum absolute atomic E-state index is 0.164. The van der Waals surface area contributed by atoms with E-state index in [0.717, 1.165) is 44.9 Å². The average molecular weight is 492 g/mol. The molecule has 4 fully saturated rings. The fraction of sp³-hybridized carbons (Fsp3) is 0.677. The smallest absolute Gasteiger partial charge is 0.171 e. The Morgan fingerprint density at radius 3 is 2.39 bits per heavy atom. The number of hydrogen-bond acceptors (Lipinski definition) is 5. The first kappa shape index (κ1) is 24.5. The van der Waals surface area contributed by atoms with Crippen LogP contribution in [-0.4, -0.2) is 54.5 Å². The zero-order valence-electron chi connectivity index (χ0n) is 22.3. The first-order chi connectivity index (χ1) is 17.1. The second-order valence-corrected chi connectivity index (χ2v) is 12.4. The Morgan fingerprint density at radius 1 is 1.00 bits per heavy atom. The Bertz CT molecular complexity index is 1120.